The summed E-state index contributed by atoms with van der Waals surface area (Å²) in [5, 5.41) is 4.40. The third-order valence-corrected chi connectivity index (χ3v) is 5.72. The van der Waals surface area contributed by atoms with E-state index in [0.29, 0.717) is 18.8 Å². The predicted octanol–water partition coefficient (Wildman–Crippen LogP) is 2.72. The number of carbonyl (C=O) groups excluding carboxylic acids is 1. The quantitative estimate of drug-likeness (QED) is 0.801. The Bertz CT molecular complexity index is 606. The Kier molecular flexibility index (Phi) is 4.25. The van der Waals surface area contributed by atoms with E-state index >= 15 is 0 Å². The highest BCUT2D eigenvalue weighted by Gasteiger charge is 2.60. The maximum Gasteiger partial charge on any atom is 0.306 e. The first-order valence-corrected chi connectivity index (χ1v) is 8.62. The molecule has 2 heterocycles. The first kappa shape index (κ1) is 16.5. The van der Waals surface area contributed by atoms with Crippen LogP contribution in [-0.2, 0) is 27.7 Å². The Balaban J connectivity index is 1.57. The van der Waals surface area contributed by atoms with Crippen molar-refractivity contribution in [2.75, 3.05) is 6.61 Å². The Morgan fingerprint density at radius 2 is 2.17 bits per heavy atom. The van der Waals surface area contributed by atoms with Crippen LogP contribution in [0.25, 0.3) is 0 Å². The Morgan fingerprint density at radius 3 is 2.83 bits per heavy atom. The largest absolute Gasteiger partial charge is 0.461 e. The number of ether oxygens (including phenoxy) is 2. The van der Waals surface area contributed by atoms with Gasteiger partial charge in [0, 0.05) is 37.1 Å². The number of rotatable bonds is 4. The van der Waals surface area contributed by atoms with Crippen molar-refractivity contribution >= 4 is 5.97 Å². The molecule has 5 heteroatoms. The second-order valence-corrected chi connectivity index (χ2v) is 7.60. The highest BCUT2D eigenvalue weighted by Crippen LogP contribution is 2.53. The molecular weight excluding hydrogens is 292 g/mol. The molecule has 0 aromatic carbocycles. The Labute approximate surface area is 138 Å². The molecule has 2 aliphatic rings. The van der Waals surface area contributed by atoms with Crippen molar-refractivity contribution in [3.8, 4) is 0 Å². The van der Waals surface area contributed by atoms with Gasteiger partial charge in [-0.15, -0.1) is 0 Å². The highest BCUT2D eigenvalue weighted by molar-refractivity contribution is 5.70. The molecule has 2 fully saturated rings. The summed E-state index contributed by atoms with van der Waals surface area (Å²) in [6.45, 7) is 9.16. The van der Waals surface area contributed by atoms with Crippen LogP contribution in [-0.4, -0.2) is 34.6 Å². The van der Waals surface area contributed by atoms with Gasteiger partial charge in [-0.25, -0.2) is 0 Å². The molecule has 0 bridgehead atoms. The minimum absolute atomic E-state index is 0.00334. The molecule has 128 valence electrons. The molecule has 5 nitrogen and oxygen atoms in total. The maximum absolute atomic E-state index is 12.3. The van der Waals surface area contributed by atoms with Gasteiger partial charge in [0.15, 0.2) is 0 Å². The van der Waals surface area contributed by atoms with Gasteiger partial charge in [0.25, 0.3) is 0 Å². The molecular formula is C18H28N2O3. The van der Waals surface area contributed by atoms with Crippen LogP contribution in [0.15, 0.2) is 0 Å². The molecule has 1 aromatic rings. The van der Waals surface area contributed by atoms with Gasteiger partial charge in [-0.1, -0.05) is 13.8 Å². The molecule has 1 saturated carbocycles. The number of esters is 1. The van der Waals surface area contributed by atoms with Crippen molar-refractivity contribution in [1.82, 2.24) is 9.78 Å². The van der Waals surface area contributed by atoms with Gasteiger partial charge in [-0.3, -0.25) is 9.48 Å². The average molecular weight is 320 g/mol. The molecule has 1 aliphatic carbocycles. The molecule has 1 aromatic heterocycles. The molecule has 0 unspecified atom stereocenters. The lowest BCUT2D eigenvalue weighted by Crippen LogP contribution is -2.65. The number of hydrogen-bond donors (Lipinski definition) is 0. The normalized spacial score (nSPS) is 28.8. The van der Waals surface area contributed by atoms with Crippen molar-refractivity contribution in [3.05, 3.63) is 17.0 Å². The van der Waals surface area contributed by atoms with Gasteiger partial charge in [-0.05, 0) is 38.7 Å². The summed E-state index contributed by atoms with van der Waals surface area (Å²) in [5.74, 6) is 0.277. The van der Waals surface area contributed by atoms with Gasteiger partial charge >= 0.3 is 5.97 Å². The van der Waals surface area contributed by atoms with Crippen LogP contribution in [0.3, 0.4) is 0 Å². The summed E-state index contributed by atoms with van der Waals surface area (Å²) in [6.07, 6.45) is 3.53. The first-order chi connectivity index (χ1) is 10.8. The fourth-order valence-electron chi connectivity index (χ4n) is 4.32. The number of nitrogens with zero attached hydrogens (tertiary/aromatic N) is 2. The van der Waals surface area contributed by atoms with E-state index in [4.69, 9.17) is 9.47 Å². The van der Waals surface area contributed by atoms with E-state index in [2.05, 4.69) is 18.9 Å². The molecule has 3 rings (SSSR count). The van der Waals surface area contributed by atoms with E-state index in [9.17, 15) is 4.79 Å². The number of carbonyl (C=O) groups is 1. The van der Waals surface area contributed by atoms with Crippen molar-refractivity contribution in [1.29, 1.82) is 0 Å². The summed E-state index contributed by atoms with van der Waals surface area (Å²) >= 11 is 0. The van der Waals surface area contributed by atoms with Gasteiger partial charge < -0.3 is 9.47 Å². The van der Waals surface area contributed by atoms with Crippen LogP contribution in [0, 0.1) is 25.2 Å². The summed E-state index contributed by atoms with van der Waals surface area (Å²) in [7, 11) is 1.93. The summed E-state index contributed by atoms with van der Waals surface area (Å²) < 4.78 is 13.6. The van der Waals surface area contributed by atoms with Crippen molar-refractivity contribution in [2.24, 2.45) is 18.4 Å². The molecule has 0 N–H and O–H groups in total. The number of fused-ring (bicyclic) bond motifs is 1. The van der Waals surface area contributed by atoms with Crippen LogP contribution in [0.5, 0.6) is 0 Å². The summed E-state index contributed by atoms with van der Waals surface area (Å²) in [4.78, 5) is 12.3. The van der Waals surface area contributed by atoms with Gasteiger partial charge in [0.1, 0.15) is 6.10 Å². The molecule has 0 spiro atoms. The monoisotopic (exact) mass is 320 g/mol. The van der Waals surface area contributed by atoms with Crippen LogP contribution in [0.1, 0.15) is 50.1 Å². The Hall–Kier alpha value is -1.36. The van der Waals surface area contributed by atoms with E-state index in [1.807, 2.05) is 25.6 Å². The van der Waals surface area contributed by atoms with E-state index in [1.165, 1.54) is 0 Å². The molecule has 0 amide bonds. The number of aryl methyl sites for hydroxylation is 2. The van der Waals surface area contributed by atoms with E-state index in [0.717, 1.165) is 36.4 Å². The Morgan fingerprint density at radius 1 is 1.43 bits per heavy atom. The summed E-state index contributed by atoms with van der Waals surface area (Å²) in [5.41, 5.74) is 3.22. The fraction of sp³-hybridized carbons (Fsp3) is 0.778. The molecule has 23 heavy (non-hydrogen) atoms. The molecule has 3 atom stereocenters. The number of hydrogen-bond acceptors (Lipinski definition) is 4. The second-order valence-electron chi connectivity index (χ2n) is 7.60. The van der Waals surface area contributed by atoms with Crippen molar-refractivity contribution in [2.45, 2.75) is 65.6 Å². The number of aromatic nitrogens is 2. The molecule has 1 saturated heterocycles. The van der Waals surface area contributed by atoms with Crippen LogP contribution in [0.4, 0.5) is 0 Å². The lowest BCUT2D eigenvalue weighted by atomic mass is 9.57. The van der Waals surface area contributed by atoms with E-state index in [-0.39, 0.29) is 23.6 Å². The van der Waals surface area contributed by atoms with Crippen molar-refractivity contribution < 1.29 is 14.3 Å². The van der Waals surface area contributed by atoms with Crippen LogP contribution < -0.4 is 0 Å². The summed E-state index contributed by atoms with van der Waals surface area (Å²) in [6, 6.07) is 0. The predicted molar refractivity (Wildman–Crippen MR) is 87.1 cm³/mol. The molecule has 1 aliphatic heterocycles. The zero-order valence-electron chi connectivity index (χ0n) is 14.9. The zero-order valence-corrected chi connectivity index (χ0v) is 14.9. The van der Waals surface area contributed by atoms with Crippen LogP contribution >= 0.6 is 0 Å². The lowest BCUT2D eigenvalue weighted by molar-refractivity contribution is -0.254. The third kappa shape index (κ3) is 2.80. The second kappa shape index (κ2) is 5.93. The minimum atomic E-state index is -0.102. The fourth-order valence-corrected chi connectivity index (χ4v) is 4.32. The van der Waals surface area contributed by atoms with Crippen LogP contribution in [0.2, 0.25) is 0 Å². The molecule has 0 radical (unpaired) electrons. The maximum atomic E-state index is 12.3. The topological polar surface area (TPSA) is 53.4 Å². The van der Waals surface area contributed by atoms with Crippen molar-refractivity contribution in [3.63, 3.8) is 0 Å². The first-order valence-electron chi connectivity index (χ1n) is 8.62. The van der Waals surface area contributed by atoms with E-state index in [1.54, 1.807) is 0 Å². The lowest BCUT2D eigenvalue weighted by Gasteiger charge is -2.58. The minimum Gasteiger partial charge on any atom is -0.461 e. The third-order valence-electron chi connectivity index (χ3n) is 5.72. The van der Waals surface area contributed by atoms with Gasteiger partial charge in [0.2, 0.25) is 0 Å². The van der Waals surface area contributed by atoms with E-state index < -0.39 is 0 Å². The highest BCUT2D eigenvalue weighted by atomic mass is 16.6. The van der Waals surface area contributed by atoms with Gasteiger partial charge in [-0.2, -0.15) is 5.10 Å². The zero-order chi connectivity index (χ0) is 16.8. The average Bonchev–Trinajstić information content (AvgIpc) is 2.76. The van der Waals surface area contributed by atoms with Gasteiger partial charge in [0.05, 0.1) is 11.8 Å². The smallest absolute Gasteiger partial charge is 0.306 e. The SMILES string of the molecule is Cc1nn(C)c(C)c1CCC(=O)O[C@@H]1[C@H]2CCCO[C@@H]2C1(C)C. The standard InChI is InChI=1S/C18H28N2O3/c1-11-13(12(2)20(5)19-11)8-9-15(21)23-17-14-7-6-10-22-16(14)18(17,3)4/h14,16-17H,6-10H2,1-5H3/t14-,16-,17+/m0/s1.